The average molecular weight is 376 g/mol. The van der Waals surface area contributed by atoms with Crippen LogP contribution < -0.4 is 0 Å². The Kier molecular flexibility index (Phi) is 9.43. The molecule has 0 aromatic heterocycles. The first-order valence-electron chi connectivity index (χ1n) is 8.26. The zero-order chi connectivity index (χ0) is 21.2. The van der Waals surface area contributed by atoms with Crippen molar-refractivity contribution in [3.8, 4) is 6.07 Å². The summed E-state index contributed by atoms with van der Waals surface area (Å²) in [6.07, 6.45) is 0.946. The summed E-state index contributed by atoms with van der Waals surface area (Å²) >= 11 is 0. The number of esters is 2. The summed E-state index contributed by atoms with van der Waals surface area (Å²) in [6.45, 7) is 9.01. The number of rotatable bonds is 5. The largest absolute Gasteiger partial charge is 0.465 e. The van der Waals surface area contributed by atoms with E-state index in [9.17, 15) is 19.7 Å². The van der Waals surface area contributed by atoms with Gasteiger partial charge in [0.05, 0.1) is 41.2 Å². The van der Waals surface area contributed by atoms with Gasteiger partial charge in [0.15, 0.2) is 0 Å². The highest BCUT2D eigenvalue weighted by Gasteiger charge is 2.22. The molecule has 0 unspecified atom stereocenters. The molecule has 1 rings (SSSR count). The van der Waals surface area contributed by atoms with Crippen LogP contribution in [0.5, 0.6) is 0 Å². The van der Waals surface area contributed by atoms with E-state index < -0.39 is 22.5 Å². The van der Waals surface area contributed by atoms with Crippen molar-refractivity contribution < 1.29 is 24.0 Å². The van der Waals surface area contributed by atoms with Crippen LogP contribution in [-0.2, 0) is 14.3 Å². The van der Waals surface area contributed by atoms with E-state index in [1.165, 1.54) is 18.2 Å². The van der Waals surface area contributed by atoms with E-state index >= 15 is 0 Å². The molecule has 0 bridgehead atoms. The topological polar surface area (TPSA) is 120 Å². The molecule has 0 radical (unpaired) electrons. The SMILES string of the molecule is CC.COC(=O)c1ccc(/C=C(\CC#N)C(=O)OC(C)(C)C)c([N+](=O)[O-])c1. The second-order valence-corrected chi connectivity index (χ2v) is 6.03. The van der Waals surface area contributed by atoms with Gasteiger partial charge in [-0.25, -0.2) is 9.59 Å². The van der Waals surface area contributed by atoms with E-state index in [1.54, 1.807) is 20.8 Å². The molecule has 0 amide bonds. The normalized spacial score (nSPS) is 10.8. The van der Waals surface area contributed by atoms with Crippen LogP contribution in [-0.4, -0.2) is 29.6 Å². The van der Waals surface area contributed by atoms with Crippen molar-refractivity contribution >= 4 is 23.7 Å². The molecular formula is C19H24N2O6. The van der Waals surface area contributed by atoms with E-state index in [2.05, 4.69) is 4.74 Å². The molecule has 0 heterocycles. The molecule has 0 atom stereocenters. The number of hydrogen-bond acceptors (Lipinski definition) is 7. The minimum absolute atomic E-state index is 0.00505. The van der Waals surface area contributed by atoms with Crippen molar-refractivity contribution in [2.24, 2.45) is 0 Å². The summed E-state index contributed by atoms with van der Waals surface area (Å²) in [5.74, 6) is -1.46. The Bertz CT molecular complexity index is 769. The minimum atomic E-state index is -0.772. The maximum Gasteiger partial charge on any atom is 0.338 e. The standard InChI is InChI=1S/C17H18N2O6.C2H6/c1-17(2,3)25-16(21)13(7-8-18)9-11-5-6-12(15(20)24-4)10-14(11)19(22)23;1-2/h5-6,9-10H,7H2,1-4H3;1-2H3/b13-9+;. The molecule has 0 fully saturated rings. The van der Waals surface area contributed by atoms with Crippen LogP contribution in [0.15, 0.2) is 23.8 Å². The van der Waals surface area contributed by atoms with E-state index in [0.717, 1.165) is 13.2 Å². The molecule has 8 nitrogen and oxygen atoms in total. The molecule has 0 aliphatic rings. The van der Waals surface area contributed by atoms with Crippen LogP contribution in [0.4, 0.5) is 5.69 Å². The minimum Gasteiger partial charge on any atom is -0.465 e. The van der Waals surface area contributed by atoms with Crippen molar-refractivity contribution in [3.05, 3.63) is 45.0 Å². The van der Waals surface area contributed by atoms with Crippen LogP contribution >= 0.6 is 0 Å². The lowest BCUT2D eigenvalue weighted by atomic mass is 10.0. The van der Waals surface area contributed by atoms with E-state index in [0.29, 0.717) is 0 Å². The molecule has 0 saturated carbocycles. The predicted molar refractivity (Wildman–Crippen MR) is 99.8 cm³/mol. The molecule has 0 saturated heterocycles. The molecule has 0 N–H and O–H groups in total. The zero-order valence-corrected chi connectivity index (χ0v) is 16.4. The third-order valence-electron chi connectivity index (χ3n) is 2.91. The molecule has 0 spiro atoms. The van der Waals surface area contributed by atoms with Crippen molar-refractivity contribution in [3.63, 3.8) is 0 Å². The zero-order valence-electron chi connectivity index (χ0n) is 16.4. The van der Waals surface area contributed by atoms with E-state index in [4.69, 9.17) is 10.00 Å². The molecular weight excluding hydrogens is 352 g/mol. The van der Waals surface area contributed by atoms with Crippen LogP contribution in [0, 0.1) is 21.4 Å². The Hall–Kier alpha value is -3.21. The van der Waals surface area contributed by atoms with Gasteiger partial charge < -0.3 is 9.47 Å². The first-order chi connectivity index (χ1) is 12.6. The summed E-state index contributed by atoms with van der Waals surface area (Å²) < 4.78 is 9.73. The van der Waals surface area contributed by atoms with Gasteiger partial charge in [-0.3, -0.25) is 10.1 Å². The van der Waals surface area contributed by atoms with Crippen molar-refractivity contribution in [1.82, 2.24) is 0 Å². The number of benzene rings is 1. The number of nitrogens with zero attached hydrogens (tertiary/aromatic N) is 2. The molecule has 27 heavy (non-hydrogen) atoms. The lowest BCUT2D eigenvalue weighted by Crippen LogP contribution is -2.24. The summed E-state index contributed by atoms with van der Waals surface area (Å²) in [4.78, 5) is 34.3. The monoisotopic (exact) mass is 376 g/mol. The Balaban J connectivity index is 0.00000326. The number of methoxy groups -OCH3 is 1. The molecule has 146 valence electrons. The fraction of sp³-hybridized carbons (Fsp3) is 0.421. The number of carbonyl (C=O) groups excluding carboxylic acids is 2. The van der Waals surface area contributed by atoms with Crippen molar-refractivity contribution in [2.75, 3.05) is 7.11 Å². The summed E-state index contributed by atoms with van der Waals surface area (Å²) in [6, 6.07) is 5.53. The van der Waals surface area contributed by atoms with Crippen LogP contribution in [0.25, 0.3) is 6.08 Å². The van der Waals surface area contributed by atoms with Gasteiger partial charge in [-0.1, -0.05) is 13.8 Å². The van der Waals surface area contributed by atoms with Gasteiger partial charge in [0, 0.05) is 6.07 Å². The molecule has 8 heteroatoms. The van der Waals surface area contributed by atoms with Crippen molar-refractivity contribution in [1.29, 1.82) is 5.26 Å². The third kappa shape index (κ3) is 7.69. The average Bonchev–Trinajstić information content (AvgIpc) is 2.61. The summed E-state index contributed by atoms with van der Waals surface area (Å²) in [5.41, 5.74) is -1.10. The highest BCUT2D eigenvalue weighted by Crippen LogP contribution is 2.25. The Labute approximate surface area is 158 Å². The fourth-order valence-corrected chi connectivity index (χ4v) is 1.87. The maximum absolute atomic E-state index is 12.2. The Morgan fingerprint density at radius 3 is 2.33 bits per heavy atom. The maximum atomic E-state index is 12.2. The highest BCUT2D eigenvalue weighted by molar-refractivity contribution is 5.96. The smallest absolute Gasteiger partial charge is 0.338 e. The fourth-order valence-electron chi connectivity index (χ4n) is 1.87. The second kappa shape index (κ2) is 10.7. The van der Waals surface area contributed by atoms with Crippen LogP contribution in [0.3, 0.4) is 0 Å². The van der Waals surface area contributed by atoms with Crippen molar-refractivity contribution in [2.45, 2.75) is 46.6 Å². The van der Waals surface area contributed by atoms with Gasteiger partial charge in [0.25, 0.3) is 5.69 Å². The first kappa shape index (κ1) is 23.8. The number of nitriles is 1. The van der Waals surface area contributed by atoms with Gasteiger partial charge in [0.1, 0.15) is 5.60 Å². The molecule has 0 aliphatic carbocycles. The predicted octanol–water partition coefficient (Wildman–Crippen LogP) is 4.05. The van der Waals surface area contributed by atoms with E-state index in [1.807, 2.05) is 19.9 Å². The van der Waals surface area contributed by atoms with E-state index in [-0.39, 0.29) is 28.8 Å². The number of carbonyl (C=O) groups is 2. The second-order valence-electron chi connectivity index (χ2n) is 6.03. The lowest BCUT2D eigenvalue weighted by Gasteiger charge is -2.20. The Morgan fingerprint density at radius 1 is 1.30 bits per heavy atom. The van der Waals surface area contributed by atoms with Gasteiger partial charge in [-0.05, 0) is 39.0 Å². The summed E-state index contributed by atoms with van der Waals surface area (Å²) in [5, 5.41) is 20.2. The Morgan fingerprint density at radius 2 is 1.89 bits per heavy atom. The molecule has 1 aromatic rings. The highest BCUT2D eigenvalue weighted by atomic mass is 16.6. The number of hydrogen-bond donors (Lipinski definition) is 0. The number of nitro groups is 1. The number of ether oxygens (including phenoxy) is 2. The number of nitro benzene ring substituents is 1. The summed E-state index contributed by atoms with van der Waals surface area (Å²) in [7, 11) is 1.16. The van der Waals surface area contributed by atoms with Gasteiger partial charge in [-0.15, -0.1) is 0 Å². The third-order valence-corrected chi connectivity index (χ3v) is 2.91. The van der Waals surface area contributed by atoms with Crippen LogP contribution in [0.2, 0.25) is 0 Å². The molecule has 1 aromatic carbocycles. The lowest BCUT2D eigenvalue weighted by molar-refractivity contribution is -0.385. The van der Waals surface area contributed by atoms with Crippen LogP contribution in [0.1, 0.15) is 57.0 Å². The molecule has 0 aliphatic heterocycles. The van der Waals surface area contributed by atoms with Gasteiger partial charge >= 0.3 is 11.9 Å². The first-order valence-corrected chi connectivity index (χ1v) is 8.26. The van der Waals surface area contributed by atoms with Gasteiger partial charge in [0.2, 0.25) is 0 Å². The quantitative estimate of drug-likeness (QED) is 0.329. The van der Waals surface area contributed by atoms with Gasteiger partial charge in [-0.2, -0.15) is 5.26 Å².